The van der Waals surface area contributed by atoms with Gasteiger partial charge in [0.2, 0.25) is 0 Å². The minimum Gasteiger partial charge on any atom is -0.0801 e. The van der Waals surface area contributed by atoms with Crippen LogP contribution in [0.1, 0.15) is 64.7 Å². The fourth-order valence-electron chi connectivity index (χ4n) is 2.34. The number of hydrogen-bond donors (Lipinski definition) is 0. The number of benzene rings is 1. The molecule has 1 aromatic carbocycles. The second-order valence-corrected chi connectivity index (χ2v) is 7.62. The third-order valence-corrected chi connectivity index (χ3v) is 3.81. The molecule has 0 nitrogen and oxygen atoms in total. The Hall–Kier alpha value is -1.30. The van der Waals surface area contributed by atoms with Crippen molar-refractivity contribution in [3.8, 4) is 0 Å². The average Bonchev–Trinajstić information content (AvgIpc) is 2.79. The van der Waals surface area contributed by atoms with Gasteiger partial charge >= 0.3 is 0 Å². The van der Waals surface area contributed by atoms with E-state index in [4.69, 9.17) is 0 Å². The number of rotatable bonds is 1. The van der Waals surface area contributed by atoms with Crippen LogP contribution in [0.4, 0.5) is 0 Å². The predicted octanol–water partition coefficient (Wildman–Crippen LogP) is 5.62. The van der Waals surface area contributed by atoms with E-state index in [1.54, 1.807) is 0 Å². The van der Waals surface area contributed by atoms with E-state index in [0.29, 0.717) is 0 Å². The number of allylic oxidation sites excluding steroid dienone is 4. The van der Waals surface area contributed by atoms with Crippen LogP contribution in [0.25, 0.3) is 5.57 Å². The fraction of sp³-hybridized carbons (Fsp3) is 0.474. The first kappa shape index (κ1) is 14.1. The monoisotopic (exact) mass is 254 g/mol. The molecule has 1 aromatic rings. The van der Waals surface area contributed by atoms with Gasteiger partial charge in [-0.05, 0) is 39.5 Å². The maximum atomic E-state index is 2.38. The van der Waals surface area contributed by atoms with Crippen LogP contribution in [0.15, 0.2) is 36.4 Å². The number of hydrogen-bond acceptors (Lipinski definition) is 0. The van der Waals surface area contributed by atoms with Crippen LogP contribution >= 0.6 is 0 Å². The lowest BCUT2D eigenvalue weighted by Crippen LogP contribution is -2.16. The van der Waals surface area contributed by atoms with E-state index < -0.39 is 0 Å². The molecule has 0 aromatic heterocycles. The van der Waals surface area contributed by atoms with Crippen molar-refractivity contribution in [3.63, 3.8) is 0 Å². The maximum absolute atomic E-state index is 2.38. The molecule has 102 valence electrons. The third kappa shape index (κ3) is 3.18. The summed E-state index contributed by atoms with van der Waals surface area (Å²) in [7, 11) is 0. The summed E-state index contributed by atoms with van der Waals surface area (Å²) in [5.74, 6) is 0. The van der Waals surface area contributed by atoms with Crippen molar-refractivity contribution >= 4 is 5.57 Å². The van der Waals surface area contributed by atoms with Crippen molar-refractivity contribution in [3.05, 3.63) is 53.1 Å². The zero-order valence-corrected chi connectivity index (χ0v) is 13.2. The first-order valence-electron chi connectivity index (χ1n) is 7.20. The van der Waals surface area contributed by atoms with Crippen LogP contribution < -0.4 is 0 Å². The minimum atomic E-state index is 0.197. The average molecular weight is 254 g/mol. The molecule has 0 fully saturated rings. The smallest absolute Gasteiger partial charge is 0.00884 e. The standard InChI is InChI=1S/C19H26/c1-18(2,3)16-11-15(14-9-7-8-10-14)12-17(13-16)19(4,5)6/h7-9,11-13H,10H2,1-6H3. The first-order valence-corrected chi connectivity index (χ1v) is 7.20. The van der Waals surface area contributed by atoms with Crippen LogP contribution in [0.3, 0.4) is 0 Å². The topological polar surface area (TPSA) is 0 Å². The Morgan fingerprint density at radius 3 is 1.68 bits per heavy atom. The second-order valence-electron chi connectivity index (χ2n) is 7.62. The molecule has 0 heteroatoms. The maximum Gasteiger partial charge on any atom is -0.00884 e. The van der Waals surface area contributed by atoms with Crippen LogP contribution in [0, 0.1) is 0 Å². The Morgan fingerprint density at radius 1 is 0.789 bits per heavy atom. The van der Waals surface area contributed by atoms with Crippen molar-refractivity contribution in [2.75, 3.05) is 0 Å². The van der Waals surface area contributed by atoms with E-state index in [1.807, 2.05) is 0 Å². The van der Waals surface area contributed by atoms with Gasteiger partial charge in [0.15, 0.2) is 0 Å². The highest BCUT2D eigenvalue weighted by Crippen LogP contribution is 2.34. The Morgan fingerprint density at radius 2 is 1.32 bits per heavy atom. The van der Waals surface area contributed by atoms with Gasteiger partial charge in [-0.2, -0.15) is 0 Å². The summed E-state index contributed by atoms with van der Waals surface area (Å²) < 4.78 is 0. The van der Waals surface area contributed by atoms with Crippen molar-refractivity contribution in [1.29, 1.82) is 0 Å². The molecule has 0 N–H and O–H groups in total. The van der Waals surface area contributed by atoms with Gasteiger partial charge in [0.05, 0.1) is 0 Å². The van der Waals surface area contributed by atoms with Gasteiger partial charge in [0.1, 0.15) is 0 Å². The van der Waals surface area contributed by atoms with Crippen LogP contribution in [-0.4, -0.2) is 0 Å². The Bertz CT molecular complexity index is 496. The van der Waals surface area contributed by atoms with Crippen LogP contribution in [-0.2, 0) is 10.8 Å². The predicted molar refractivity (Wildman–Crippen MR) is 85.6 cm³/mol. The van der Waals surface area contributed by atoms with Gasteiger partial charge in [0, 0.05) is 0 Å². The molecule has 0 radical (unpaired) electrons. The molecule has 0 unspecified atom stereocenters. The first-order chi connectivity index (χ1) is 8.68. The molecule has 0 bridgehead atoms. The lowest BCUT2D eigenvalue weighted by atomic mass is 9.79. The molecule has 0 aliphatic heterocycles. The third-order valence-electron chi connectivity index (χ3n) is 3.81. The van der Waals surface area contributed by atoms with Crippen LogP contribution in [0.5, 0.6) is 0 Å². The minimum absolute atomic E-state index is 0.197. The molecular formula is C19H26. The summed E-state index contributed by atoms with van der Waals surface area (Å²) in [5.41, 5.74) is 6.09. The highest BCUT2D eigenvalue weighted by Gasteiger charge is 2.21. The Labute approximate surface area is 118 Å². The van der Waals surface area contributed by atoms with Crippen molar-refractivity contribution < 1.29 is 0 Å². The van der Waals surface area contributed by atoms with Gasteiger partial charge in [-0.25, -0.2) is 0 Å². The molecule has 19 heavy (non-hydrogen) atoms. The van der Waals surface area contributed by atoms with Gasteiger partial charge in [-0.15, -0.1) is 0 Å². The molecule has 0 atom stereocenters. The molecule has 1 aliphatic rings. The molecule has 0 heterocycles. The van der Waals surface area contributed by atoms with E-state index in [0.717, 1.165) is 6.42 Å². The lowest BCUT2D eigenvalue weighted by Gasteiger charge is -2.26. The summed E-state index contributed by atoms with van der Waals surface area (Å²) in [4.78, 5) is 0. The summed E-state index contributed by atoms with van der Waals surface area (Å²) in [6, 6.07) is 7.12. The van der Waals surface area contributed by atoms with Gasteiger partial charge in [-0.1, -0.05) is 78.0 Å². The van der Waals surface area contributed by atoms with Gasteiger partial charge in [-0.3, -0.25) is 0 Å². The zero-order chi connectivity index (χ0) is 14.3. The molecule has 2 rings (SSSR count). The van der Waals surface area contributed by atoms with Crippen molar-refractivity contribution in [1.82, 2.24) is 0 Å². The normalized spacial score (nSPS) is 15.8. The Kier molecular flexibility index (Phi) is 3.47. The van der Waals surface area contributed by atoms with E-state index >= 15 is 0 Å². The summed E-state index contributed by atoms with van der Waals surface area (Å²) >= 11 is 0. The molecule has 0 saturated heterocycles. The van der Waals surface area contributed by atoms with E-state index in [9.17, 15) is 0 Å². The molecule has 0 amide bonds. The van der Waals surface area contributed by atoms with E-state index in [1.165, 1.54) is 22.3 Å². The SMILES string of the molecule is CC(C)(C)c1cc(C2=CC=CC2)cc(C(C)(C)C)c1. The summed E-state index contributed by atoms with van der Waals surface area (Å²) in [6.07, 6.45) is 7.71. The van der Waals surface area contributed by atoms with E-state index in [2.05, 4.69) is 78.0 Å². The molecular weight excluding hydrogens is 228 g/mol. The van der Waals surface area contributed by atoms with Gasteiger partial charge in [0.25, 0.3) is 0 Å². The summed E-state index contributed by atoms with van der Waals surface area (Å²) in [6.45, 7) is 13.7. The lowest BCUT2D eigenvalue weighted by molar-refractivity contribution is 0.568. The fourth-order valence-corrected chi connectivity index (χ4v) is 2.34. The highest BCUT2D eigenvalue weighted by atomic mass is 14.3. The molecule has 1 aliphatic carbocycles. The quantitative estimate of drug-likeness (QED) is 0.609. The van der Waals surface area contributed by atoms with Crippen molar-refractivity contribution in [2.45, 2.75) is 58.8 Å². The Balaban J connectivity index is 2.55. The zero-order valence-electron chi connectivity index (χ0n) is 13.2. The van der Waals surface area contributed by atoms with E-state index in [-0.39, 0.29) is 10.8 Å². The molecule has 0 spiro atoms. The van der Waals surface area contributed by atoms with Crippen LogP contribution in [0.2, 0.25) is 0 Å². The van der Waals surface area contributed by atoms with Gasteiger partial charge < -0.3 is 0 Å². The summed E-state index contributed by atoms with van der Waals surface area (Å²) in [5, 5.41) is 0. The largest absolute Gasteiger partial charge is 0.0801 e. The molecule has 0 saturated carbocycles. The van der Waals surface area contributed by atoms with Crippen molar-refractivity contribution in [2.24, 2.45) is 0 Å². The second kappa shape index (κ2) is 4.67. The highest BCUT2D eigenvalue weighted by molar-refractivity contribution is 5.72.